The van der Waals surface area contributed by atoms with Gasteiger partial charge in [-0.2, -0.15) is 0 Å². The van der Waals surface area contributed by atoms with Gasteiger partial charge in [-0.15, -0.1) is 0 Å². The molecule has 1 unspecified atom stereocenters. The Morgan fingerprint density at radius 1 is 1.13 bits per heavy atom. The molecule has 2 atom stereocenters. The van der Waals surface area contributed by atoms with E-state index in [-0.39, 0.29) is 6.10 Å². The number of hydrogen-bond acceptors (Lipinski definition) is 6. The first-order chi connectivity index (χ1) is 14.8. The number of rotatable bonds is 9. The Kier molecular flexibility index (Phi) is 6.90. The zero-order valence-electron chi connectivity index (χ0n) is 17.3. The number of nitrogens with one attached hydrogen (secondary N) is 3. The minimum Gasteiger partial charge on any atom is -0.486 e. The third-order valence-corrected chi connectivity index (χ3v) is 5.29. The van der Waals surface area contributed by atoms with Gasteiger partial charge in [-0.05, 0) is 50.3 Å². The van der Waals surface area contributed by atoms with Crippen molar-refractivity contribution in [3.05, 3.63) is 72.4 Å². The van der Waals surface area contributed by atoms with Crippen molar-refractivity contribution in [2.45, 2.75) is 25.0 Å². The quantitative estimate of drug-likeness (QED) is 0.507. The van der Waals surface area contributed by atoms with Crippen LogP contribution in [-0.4, -0.2) is 42.7 Å². The zero-order valence-corrected chi connectivity index (χ0v) is 17.3. The summed E-state index contributed by atoms with van der Waals surface area (Å²) >= 11 is 0. The molecule has 0 spiro atoms. The highest BCUT2D eigenvalue weighted by atomic mass is 16.5. The van der Waals surface area contributed by atoms with Gasteiger partial charge < -0.3 is 20.7 Å². The van der Waals surface area contributed by atoms with Crippen molar-refractivity contribution in [1.82, 2.24) is 20.6 Å². The summed E-state index contributed by atoms with van der Waals surface area (Å²) < 4.78 is 6.40. The molecule has 3 aromatic rings. The predicted molar refractivity (Wildman–Crippen MR) is 121 cm³/mol. The van der Waals surface area contributed by atoms with Gasteiger partial charge in [0.05, 0.1) is 5.69 Å². The molecule has 0 aliphatic carbocycles. The standard InChI is InChI=1S/C24H29N5O/c1-25-13-12-23(18-6-3-2-4-7-18)30-21-9-5-8-19(16-21)22-11-15-27-24(29-22)28-20-10-14-26-17-20/h2-9,11,15-16,20,23,25-26H,10,12-14,17H2,1H3,(H,27,28,29)/t20-,23?/m0/s1. The molecule has 0 radical (unpaired) electrons. The van der Waals surface area contributed by atoms with Gasteiger partial charge in [0, 0.05) is 30.8 Å². The maximum Gasteiger partial charge on any atom is 0.223 e. The van der Waals surface area contributed by atoms with Gasteiger partial charge in [0.1, 0.15) is 11.9 Å². The second-order valence-corrected chi connectivity index (χ2v) is 7.54. The van der Waals surface area contributed by atoms with Crippen LogP contribution in [0.2, 0.25) is 0 Å². The summed E-state index contributed by atoms with van der Waals surface area (Å²) in [6.07, 6.45) is 3.78. The number of nitrogens with zero attached hydrogens (tertiary/aromatic N) is 2. The first kappa shape index (κ1) is 20.3. The highest BCUT2D eigenvalue weighted by molar-refractivity contribution is 5.62. The largest absolute Gasteiger partial charge is 0.486 e. The Bertz CT molecular complexity index is 928. The normalized spacial score (nSPS) is 16.9. The molecule has 2 aromatic carbocycles. The van der Waals surface area contributed by atoms with Gasteiger partial charge in [-0.3, -0.25) is 0 Å². The maximum atomic E-state index is 6.40. The molecular weight excluding hydrogens is 374 g/mol. The van der Waals surface area contributed by atoms with E-state index < -0.39 is 0 Å². The third kappa shape index (κ3) is 5.34. The predicted octanol–water partition coefficient (Wildman–Crippen LogP) is 3.65. The van der Waals surface area contributed by atoms with Crippen LogP contribution in [0.4, 0.5) is 5.95 Å². The molecule has 3 N–H and O–H groups in total. The lowest BCUT2D eigenvalue weighted by Gasteiger charge is -2.20. The van der Waals surface area contributed by atoms with Crippen molar-refractivity contribution in [2.75, 3.05) is 32.0 Å². The van der Waals surface area contributed by atoms with Crippen LogP contribution in [0, 0.1) is 0 Å². The minimum absolute atomic E-state index is 0.00797. The third-order valence-electron chi connectivity index (χ3n) is 5.29. The van der Waals surface area contributed by atoms with E-state index in [1.807, 2.05) is 31.3 Å². The summed E-state index contributed by atoms with van der Waals surface area (Å²) in [4.78, 5) is 9.10. The van der Waals surface area contributed by atoms with Crippen LogP contribution in [-0.2, 0) is 0 Å². The fraction of sp³-hybridized carbons (Fsp3) is 0.333. The molecule has 6 heteroatoms. The summed E-state index contributed by atoms with van der Waals surface area (Å²) in [6.45, 7) is 2.87. The molecule has 1 aliphatic heterocycles. The second-order valence-electron chi connectivity index (χ2n) is 7.54. The first-order valence-electron chi connectivity index (χ1n) is 10.6. The number of aromatic nitrogens is 2. The van der Waals surface area contributed by atoms with Gasteiger partial charge in [0.15, 0.2) is 0 Å². The second kappa shape index (κ2) is 10.2. The summed E-state index contributed by atoms with van der Waals surface area (Å²) in [5.41, 5.74) is 3.08. The van der Waals surface area contributed by atoms with Gasteiger partial charge in [0.2, 0.25) is 5.95 Å². The van der Waals surface area contributed by atoms with Crippen LogP contribution in [0.1, 0.15) is 24.5 Å². The Hall–Kier alpha value is -2.96. The molecule has 1 aromatic heterocycles. The van der Waals surface area contributed by atoms with E-state index >= 15 is 0 Å². The summed E-state index contributed by atoms with van der Waals surface area (Å²) in [5.74, 6) is 1.51. The molecular formula is C24H29N5O. The zero-order chi connectivity index (χ0) is 20.6. The number of benzene rings is 2. The van der Waals surface area contributed by atoms with Gasteiger partial charge >= 0.3 is 0 Å². The summed E-state index contributed by atoms with van der Waals surface area (Å²) in [6, 6.07) is 20.8. The van der Waals surface area contributed by atoms with Gasteiger partial charge in [-0.25, -0.2) is 9.97 Å². The molecule has 0 saturated carbocycles. The van der Waals surface area contributed by atoms with E-state index in [2.05, 4.69) is 57.3 Å². The van der Waals surface area contributed by atoms with Crippen molar-refractivity contribution < 1.29 is 4.74 Å². The first-order valence-corrected chi connectivity index (χ1v) is 10.6. The van der Waals surface area contributed by atoms with Crippen LogP contribution in [0.3, 0.4) is 0 Å². The van der Waals surface area contributed by atoms with E-state index in [0.29, 0.717) is 12.0 Å². The van der Waals surface area contributed by atoms with Crippen LogP contribution in [0.25, 0.3) is 11.3 Å². The average molecular weight is 404 g/mol. The number of ether oxygens (including phenoxy) is 1. The molecule has 2 heterocycles. The minimum atomic E-state index is -0.00797. The SMILES string of the molecule is CNCCC(Oc1cccc(-c2ccnc(N[C@H]3CCNC3)n2)c1)c1ccccc1. The molecule has 6 nitrogen and oxygen atoms in total. The smallest absolute Gasteiger partial charge is 0.223 e. The molecule has 156 valence electrons. The van der Waals surface area contributed by atoms with E-state index in [0.717, 1.165) is 49.5 Å². The van der Waals surface area contributed by atoms with E-state index in [4.69, 9.17) is 9.72 Å². The Morgan fingerprint density at radius 2 is 2.03 bits per heavy atom. The van der Waals surface area contributed by atoms with Crippen LogP contribution >= 0.6 is 0 Å². The molecule has 0 amide bonds. The van der Waals surface area contributed by atoms with Gasteiger partial charge in [0.25, 0.3) is 0 Å². The van der Waals surface area contributed by atoms with Crippen molar-refractivity contribution in [3.63, 3.8) is 0 Å². The van der Waals surface area contributed by atoms with Crippen LogP contribution in [0.15, 0.2) is 66.9 Å². The van der Waals surface area contributed by atoms with Crippen molar-refractivity contribution in [2.24, 2.45) is 0 Å². The van der Waals surface area contributed by atoms with Crippen LogP contribution in [0.5, 0.6) is 5.75 Å². The highest BCUT2D eigenvalue weighted by Crippen LogP contribution is 2.28. The molecule has 0 bridgehead atoms. The topological polar surface area (TPSA) is 71.1 Å². The fourth-order valence-electron chi connectivity index (χ4n) is 3.68. The summed E-state index contributed by atoms with van der Waals surface area (Å²) in [5, 5.41) is 9.99. The highest BCUT2D eigenvalue weighted by Gasteiger charge is 2.16. The van der Waals surface area contributed by atoms with E-state index in [1.165, 1.54) is 5.56 Å². The van der Waals surface area contributed by atoms with Crippen molar-refractivity contribution in [1.29, 1.82) is 0 Å². The Morgan fingerprint density at radius 3 is 2.83 bits per heavy atom. The molecule has 30 heavy (non-hydrogen) atoms. The monoisotopic (exact) mass is 403 g/mol. The van der Waals surface area contributed by atoms with Crippen molar-refractivity contribution >= 4 is 5.95 Å². The molecule has 1 fully saturated rings. The lowest BCUT2D eigenvalue weighted by Crippen LogP contribution is -2.23. The lowest BCUT2D eigenvalue weighted by molar-refractivity contribution is 0.195. The van der Waals surface area contributed by atoms with Crippen LogP contribution < -0.4 is 20.7 Å². The van der Waals surface area contributed by atoms with Crippen molar-refractivity contribution in [3.8, 4) is 17.0 Å². The van der Waals surface area contributed by atoms with E-state index in [1.54, 1.807) is 6.20 Å². The fourth-order valence-corrected chi connectivity index (χ4v) is 3.68. The average Bonchev–Trinajstić information content (AvgIpc) is 3.31. The molecule has 1 saturated heterocycles. The Balaban J connectivity index is 1.51. The molecule has 1 aliphatic rings. The number of anilines is 1. The van der Waals surface area contributed by atoms with E-state index in [9.17, 15) is 0 Å². The Labute approximate surface area is 178 Å². The molecule has 4 rings (SSSR count). The number of hydrogen-bond donors (Lipinski definition) is 3. The lowest BCUT2D eigenvalue weighted by atomic mass is 10.1. The summed E-state index contributed by atoms with van der Waals surface area (Å²) in [7, 11) is 1.96. The van der Waals surface area contributed by atoms with Gasteiger partial charge in [-0.1, -0.05) is 42.5 Å². The maximum absolute atomic E-state index is 6.40.